The van der Waals surface area contributed by atoms with E-state index >= 15 is 0 Å². The molecule has 5 nitrogen and oxygen atoms in total. The first kappa shape index (κ1) is 21.6. The Morgan fingerprint density at radius 2 is 1.68 bits per heavy atom. The number of likely N-dealkylation sites (tertiary alicyclic amines) is 1. The van der Waals surface area contributed by atoms with Crippen LogP contribution in [0.3, 0.4) is 0 Å². The summed E-state index contributed by atoms with van der Waals surface area (Å²) in [5, 5.41) is 3.79. The molecule has 0 spiro atoms. The quantitative estimate of drug-likeness (QED) is 0.539. The fraction of sp³-hybridized carbons (Fsp3) is 0.208. The maximum absolute atomic E-state index is 13.2. The topological polar surface area (TPSA) is 62.3 Å². The highest BCUT2D eigenvalue weighted by atomic mass is 79.9. The molecule has 0 unspecified atom stereocenters. The predicted molar refractivity (Wildman–Crippen MR) is 125 cm³/mol. The van der Waals surface area contributed by atoms with Crippen LogP contribution in [-0.2, 0) is 0 Å². The molecule has 2 heterocycles. The van der Waals surface area contributed by atoms with Crippen molar-refractivity contribution < 1.29 is 9.59 Å². The lowest BCUT2D eigenvalue weighted by molar-refractivity contribution is 0.0694. The van der Waals surface area contributed by atoms with Crippen LogP contribution in [0.1, 0.15) is 33.6 Å². The fourth-order valence-electron chi connectivity index (χ4n) is 3.50. The van der Waals surface area contributed by atoms with Crippen LogP contribution in [0, 0.1) is 0 Å². The zero-order valence-electron chi connectivity index (χ0n) is 16.8. The summed E-state index contributed by atoms with van der Waals surface area (Å²) in [5.41, 5.74) is 1.27. The van der Waals surface area contributed by atoms with Crippen molar-refractivity contribution in [1.82, 2.24) is 15.2 Å². The van der Waals surface area contributed by atoms with Gasteiger partial charge in [0.1, 0.15) is 5.03 Å². The van der Waals surface area contributed by atoms with Gasteiger partial charge < -0.3 is 10.2 Å². The van der Waals surface area contributed by atoms with Crippen LogP contribution < -0.4 is 5.32 Å². The highest BCUT2D eigenvalue weighted by Gasteiger charge is 2.26. The largest absolute Gasteiger partial charge is 0.349 e. The normalized spacial score (nSPS) is 14.3. The molecular weight excluding hydrogens is 474 g/mol. The first-order valence-corrected chi connectivity index (χ1v) is 11.7. The van der Waals surface area contributed by atoms with E-state index in [9.17, 15) is 9.59 Å². The van der Waals surface area contributed by atoms with Crippen LogP contribution in [-0.4, -0.2) is 40.8 Å². The van der Waals surface area contributed by atoms with Gasteiger partial charge in [0.25, 0.3) is 11.8 Å². The number of rotatable bonds is 5. The second-order valence-corrected chi connectivity index (χ2v) is 9.30. The smallest absolute Gasteiger partial charge is 0.256 e. The number of hydrogen-bond donors (Lipinski definition) is 1. The maximum Gasteiger partial charge on any atom is 0.256 e. The van der Waals surface area contributed by atoms with E-state index in [2.05, 4.69) is 26.2 Å². The molecule has 1 saturated heterocycles. The van der Waals surface area contributed by atoms with Crippen LogP contribution in [0.5, 0.6) is 0 Å². The highest BCUT2D eigenvalue weighted by molar-refractivity contribution is 9.10. The number of carbonyl (C=O) groups is 2. The molecule has 2 amide bonds. The number of nitrogens with one attached hydrogen (secondary N) is 1. The molecule has 0 saturated carbocycles. The molecule has 0 atom stereocenters. The minimum absolute atomic E-state index is 0.0134. The average Bonchev–Trinajstić information content (AvgIpc) is 2.81. The van der Waals surface area contributed by atoms with Crippen LogP contribution >= 0.6 is 27.7 Å². The van der Waals surface area contributed by atoms with Crippen molar-refractivity contribution in [2.24, 2.45) is 0 Å². The lowest BCUT2D eigenvalue weighted by Gasteiger charge is -2.32. The minimum atomic E-state index is -0.0641. The second-order valence-electron chi connectivity index (χ2n) is 7.32. The zero-order chi connectivity index (χ0) is 21.6. The van der Waals surface area contributed by atoms with Gasteiger partial charge in [0, 0.05) is 40.3 Å². The van der Waals surface area contributed by atoms with Gasteiger partial charge in [-0.2, -0.15) is 0 Å². The monoisotopic (exact) mass is 495 g/mol. The summed E-state index contributed by atoms with van der Waals surface area (Å²) in [5.74, 6) is -0.0774. The number of benzene rings is 2. The van der Waals surface area contributed by atoms with E-state index in [1.807, 2.05) is 53.4 Å². The van der Waals surface area contributed by atoms with Crippen molar-refractivity contribution in [2.45, 2.75) is 28.8 Å². The molecule has 0 aliphatic carbocycles. The molecule has 1 fully saturated rings. The first-order chi connectivity index (χ1) is 15.1. The zero-order valence-corrected chi connectivity index (χ0v) is 19.2. The Balaban J connectivity index is 1.38. The second kappa shape index (κ2) is 10.1. The Kier molecular flexibility index (Phi) is 7.04. The molecule has 7 heteroatoms. The lowest BCUT2D eigenvalue weighted by Crippen LogP contribution is -2.46. The van der Waals surface area contributed by atoms with Gasteiger partial charge >= 0.3 is 0 Å². The number of amides is 2. The van der Waals surface area contributed by atoms with Crippen molar-refractivity contribution in [2.75, 3.05) is 13.1 Å². The molecule has 31 heavy (non-hydrogen) atoms. The summed E-state index contributed by atoms with van der Waals surface area (Å²) in [4.78, 5) is 32.9. The van der Waals surface area contributed by atoms with Gasteiger partial charge in [-0.1, -0.05) is 45.9 Å². The number of carbonyl (C=O) groups excluding carboxylic acids is 2. The van der Waals surface area contributed by atoms with Crippen LogP contribution in [0.15, 0.2) is 87.3 Å². The molecule has 2 aromatic carbocycles. The Hall–Kier alpha value is -2.64. The van der Waals surface area contributed by atoms with E-state index in [1.165, 1.54) is 11.8 Å². The van der Waals surface area contributed by atoms with E-state index < -0.39 is 0 Å². The fourth-order valence-corrected chi connectivity index (χ4v) is 4.64. The predicted octanol–water partition coefficient (Wildman–Crippen LogP) is 5.03. The van der Waals surface area contributed by atoms with Crippen molar-refractivity contribution in [1.29, 1.82) is 0 Å². The Bertz CT molecular complexity index is 1050. The van der Waals surface area contributed by atoms with Crippen LogP contribution in [0.4, 0.5) is 0 Å². The molecule has 1 aliphatic heterocycles. The Morgan fingerprint density at radius 3 is 2.39 bits per heavy atom. The molecule has 1 aliphatic rings. The molecule has 1 aromatic heterocycles. The van der Waals surface area contributed by atoms with Crippen molar-refractivity contribution in [3.63, 3.8) is 0 Å². The van der Waals surface area contributed by atoms with Gasteiger partial charge in [0.05, 0.1) is 5.56 Å². The van der Waals surface area contributed by atoms with Crippen LogP contribution in [0.2, 0.25) is 0 Å². The van der Waals surface area contributed by atoms with Gasteiger partial charge in [-0.15, -0.1) is 0 Å². The number of halogens is 1. The molecule has 0 radical (unpaired) electrons. The summed E-state index contributed by atoms with van der Waals surface area (Å²) in [7, 11) is 0. The summed E-state index contributed by atoms with van der Waals surface area (Å²) in [6.07, 6.45) is 3.18. The standard InChI is InChI=1S/C24H22BrN3O2S/c25-18-8-10-20(11-9-18)31-23-21(7-4-14-26-23)24(30)28-15-12-19(13-16-28)27-22(29)17-5-2-1-3-6-17/h1-11,14,19H,12-13,15-16H2,(H,27,29). The van der Waals surface area contributed by atoms with E-state index in [-0.39, 0.29) is 17.9 Å². The van der Waals surface area contributed by atoms with E-state index in [0.717, 1.165) is 22.2 Å². The van der Waals surface area contributed by atoms with Gasteiger partial charge in [-0.25, -0.2) is 4.98 Å². The van der Waals surface area contributed by atoms with Gasteiger partial charge in [0.2, 0.25) is 0 Å². The highest BCUT2D eigenvalue weighted by Crippen LogP contribution is 2.30. The van der Waals surface area contributed by atoms with Gasteiger partial charge in [-0.05, 0) is 61.4 Å². The summed E-state index contributed by atoms with van der Waals surface area (Å²) < 4.78 is 1.01. The Labute approximate surface area is 194 Å². The number of pyridine rings is 1. The minimum Gasteiger partial charge on any atom is -0.349 e. The molecule has 0 bridgehead atoms. The average molecular weight is 496 g/mol. The third kappa shape index (κ3) is 5.54. The molecule has 4 rings (SSSR count). The molecule has 158 valence electrons. The lowest BCUT2D eigenvalue weighted by atomic mass is 10.0. The Morgan fingerprint density at radius 1 is 0.968 bits per heavy atom. The van der Waals surface area contributed by atoms with E-state index in [4.69, 9.17) is 0 Å². The van der Waals surface area contributed by atoms with E-state index in [0.29, 0.717) is 29.2 Å². The number of hydrogen-bond acceptors (Lipinski definition) is 4. The number of aromatic nitrogens is 1. The van der Waals surface area contributed by atoms with E-state index in [1.54, 1.807) is 24.4 Å². The molecule has 3 aromatic rings. The molecular formula is C24H22BrN3O2S. The third-order valence-corrected chi connectivity index (χ3v) is 6.74. The van der Waals surface area contributed by atoms with Gasteiger partial charge in [-0.3, -0.25) is 9.59 Å². The number of nitrogens with zero attached hydrogens (tertiary/aromatic N) is 2. The van der Waals surface area contributed by atoms with Gasteiger partial charge in [0.15, 0.2) is 0 Å². The van der Waals surface area contributed by atoms with Crippen molar-refractivity contribution in [3.05, 3.63) is 88.5 Å². The first-order valence-electron chi connectivity index (χ1n) is 10.1. The van der Waals surface area contributed by atoms with Crippen molar-refractivity contribution in [3.8, 4) is 0 Å². The number of piperidine rings is 1. The summed E-state index contributed by atoms with van der Waals surface area (Å²) in [6, 6.07) is 20.9. The third-order valence-electron chi connectivity index (χ3n) is 5.18. The van der Waals surface area contributed by atoms with Crippen molar-refractivity contribution >= 4 is 39.5 Å². The molecule has 1 N–H and O–H groups in total. The summed E-state index contributed by atoms with van der Waals surface area (Å²) >= 11 is 4.93. The van der Waals surface area contributed by atoms with Crippen LogP contribution in [0.25, 0.3) is 0 Å². The maximum atomic E-state index is 13.2. The summed E-state index contributed by atoms with van der Waals surface area (Å²) in [6.45, 7) is 1.21. The SMILES string of the molecule is O=C(NC1CCN(C(=O)c2cccnc2Sc2ccc(Br)cc2)CC1)c1ccccc1.